The van der Waals surface area contributed by atoms with Gasteiger partial charge in [0.25, 0.3) is 0 Å². The van der Waals surface area contributed by atoms with Crippen LogP contribution >= 0.6 is 0 Å². The highest BCUT2D eigenvalue weighted by Gasteiger charge is 2.33. The number of hydrogen-bond donors (Lipinski definition) is 3. The maximum Gasteiger partial charge on any atom is 0.315 e. The second kappa shape index (κ2) is 7.64. The molecular weight excluding hydrogens is 270 g/mol. The van der Waals surface area contributed by atoms with Gasteiger partial charge in [0.2, 0.25) is 0 Å². The third kappa shape index (κ3) is 5.91. The van der Waals surface area contributed by atoms with Crippen LogP contribution < -0.4 is 10.6 Å². The van der Waals surface area contributed by atoms with E-state index in [-0.39, 0.29) is 18.5 Å². The van der Waals surface area contributed by atoms with E-state index in [0.29, 0.717) is 18.4 Å². The summed E-state index contributed by atoms with van der Waals surface area (Å²) in [6, 6.07) is -0.460. The number of urea groups is 1. The monoisotopic (exact) mass is 297 g/mol. The molecule has 6 heteroatoms. The lowest BCUT2D eigenvalue weighted by atomic mass is 10.1. The predicted molar refractivity (Wildman–Crippen MR) is 80.1 cm³/mol. The number of hydrogen-bond acceptors (Lipinski definition) is 3. The maximum atomic E-state index is 11.9. The number of amides is 2. The van der Waals surface area contributed by atoms with E-state index in [2.05, 4.69) is 22.5 Å². The minimum Gasteiger partial charge on any atom is -0.481 e. The van der Waals surface area contributed by atoms with Crippen molar-refractivity contribution in [1.29, 1.82) is 0 Å². The Kier molecular flexibility index (Phi) is 5.85. The van der Waals surface area contributed by atoms with Crippen molar-refractivity contribution in [2.45, 2.75) is 45.1 Å². The summed E-state index contributed by atoms with van der Waals surface area (Å²) in [6.07, 6.45) is 4.60. The number of nitrogens with zero attached hydrogens (tertiary/aromatic N) is 1. The lowest BCUT2D eigenvalue weighted by molar-refractivity contribution is -0.137. The van der Waals surface area contributed by atoms with Crippen molar-refractivity contribution in [1.82, 2.24) is 15.5 Å². The van der Waals surface area contributed by atoms with Crippen LogP contribution in [0, 0.1) is 11.8 Å². The second-order valence-corrected chi connectivity index (χ2v) is 6.51. The van der Waals surface area contributed by atoms with Crippen molar-refractivity contribution in [2.24, 2.45) is 11.8 Å². The summed E-state index contributed by atoms with van der Waals surface area (Å²) in [7, 11) is 0. The van der Waals surface area contributed by atoms with Crippen LogP contribution in [0.15, 0.2) is 0 Å². The zero-order chi connectivity index (χ0) is 15.2. The number of carboxylic acid groups (broad SMARTS) is 1. The minimum atomic E-state index is -0.852. The molecule has 3 N–H and O–H groups in total. The average Bonchev–Trinajstić information content (AvgIpc) is 3.14. The number of carboxylic acids is 1. The normalized spacial score (nSPS) is 21.8. The molecule has 2 rings (SSSR count). The van der Waals surface area contributed by atoms with E-state index in [1.165, 1.54) is 25.9 Å². The fourth-order valence-corrected chi connectivity index (χ4v) is 2.98. The molecule has 1 aliphatic heterocycles. The number of carbonyl (C=O) groups is 2. The zero-order valence-corrected chi connectivity index (χ0v) is 12.8. The lowest BCUT2D eigenvalue weighted by Gasteiger charge is -2.21. The van der Waals surface area contributed by atoms with E-state index in [0.717, 1.165) is 19.4 Å². The van der Waals surface area contributed by atoms with Gasteiger partial charge in [-0.25, -0.2) is 4.79 Å². The Bertz CT molecular complexity index is 365. The molecule has 1 saturated carbocycles. The van der Waals surface area contributed by atoms with Crippen molar-refractivity contribution in [3.8, 4) is 0 Å². The first kappa shape index (κ1) is 16.1. The van der Waals surface area contributed by atoms with Gasteiger partial charge < -0.3 is 20.6 Å². The summed E-state index contributed by atoms with van der Waals surface area (Å²) < 4.78 is 0. The van der Waals surface area contributed by atoms with Gasteiger partial charge in [0.05, 0.1) is 6.42 Å². The van der Waals surface area contributed by atoms with Crippen LogP contribution in [0.1, 0.15) is 39.0 Å². The van der Waals surface area contributed by atoms with E-state index < -0.39 is 5.97 Å². The van der Waals surface area contributed by atoms with Gasteiger partial charge in [0, 0.05) is 19.1 Å². The van der Waals surface area contributed by atoms with Gasteiger partial charge in [-0.15, -0.1) is 0 Å². The fraction of sp³-hybridized carbons (Fsp3) is 0.867. The quantitative estimate of drug-likeness (QED) is 0.630. The third-order valence-corrected chi connectivity index (χ3v) is 4.28. The number of carbonyl (C=O) groups excluding carboxylic acids is 1. The molecule has 2 atom stereocenters. The highest BCUT2D eigenvalue weighted by atomic mass is 16.4. The SMILES string of the molecule is CC(CNC(=O)NC(CC(=O)O)C1CC1)CN1CCCC1. The van der Waals surface area contributed by atoms with E-state index in [1.54, 1.807) is 0 Å². The predicted octanol–water partition coefficient (Wildman–Crippen LogP) is 1.27. The summed E-state index contributed by atoms with van der Waals surface area (Å²) in [4.78, 5) is 25.1. The molecule has 0 aromatic carbocycles. The minimum absolute atomic E-state index is 0.0153. The van der Waals surface area contributed by atoms with E-state index in [9.17, 15) is 9.59 Å². The average molecular weight is 297 g/mol. The number of rotatable bonds is 8. The van der Waals surface area contributed by atoms with Crippen LogP contribution in [0.2, 0.25) is 0 Å². The van der Waals surface area contributed by atoms with Gasteiger partial charge in [-0.1, -0.05) is 6.92 Å². The molecule has 1 saturated heterocycles. The van der Waals surface area contributed by atoms with Gasteiger partial charge in [-0.05, 0) is 50.6 Å². The largest absolute Gasteiger partial charge is 0.481 e. The van der Waals surface area contributed by atoms with Crippen molar-refractivity contribution in [3.05, 3.63) is 0 Å². The molecule has 0 aromatic heterocycles. The summed E-state index contributed by atoms with van der Waals surface area (Å²) >= 11 is 0. The molecule has 0 bridgehead atoms. The molecule has 0 spiro atoms. The van der Waals surface area contributed by atoms with Gasteiger partial charge >= 0.3 is 12.0 Å². The van der Waals surface area contributed by atoms with Gasteiger partial charge in [-0.2, -0.15) is 0 Å². The number of nitrogens with one attached hydrogen (secondary N) is 2. The molecule has 120 valence electrons. The molecule has 0 radical (unpaired) electrons. The molecule has 2 amide bonds. The molecule has 1 heterocycles. The number of likely N-dealkylation sites (tertiary alicyclic amines) is 1. The molecule has 1 aliphatic carbocycles. The van der Waals surface area contributed by atoms with Crippen LogP contribution in [0.25, 0.3) is 0 Å². The first-order chi connectivity index (χ1) is 10.0. The van der Waals surface area contributed by atoms with Crippen molar-refractivity contribution < 1.29 is 14.7 Å². The van der Waals surface area contributed by atoms with Gasteiger partial charge in [0.1, 0.15) is 0 Å². The Labute approximate surface area is 126 Å². The Hall–Kier alpha value is -1.30. The Morgan fingerprint density at radius 1 is 1.29 bits per heavy atom. The smallest absolute Gasteiger partial charge is 0.315 e. The van der Waals surface area contributed by atoms with E-state index >= 15 is 0 Å². The van der Waals surface area contributed by atoms with E-state index in [4.69, 9.17) is 5.11 Å². The van der Waals surface area contributed by atoms with Gasteiger partial charge in [0.15, 0.2) is 0 Å². The zero-order valence-electron chi connectivity index (χ0n) is 12.8. The maximum absolute atomic E-state index is 11.9. The molecule has 6 nitrogen and oxygen atoms in total. The van der Waals surface area contributed by atoms with Crippen molar-refractivity contribution >= 4 is 12.0 Å². The van der Waals surface area contributed by atoms with Gasteiger partial charge in [-0.3, -0.25) is 4.79 Å². The summed E-state index contributed by atoms with van der Waals surface area (Å²) in [6.45, 7) is 6.11. The van der Waals surface area contributed by atoms with Crippen LogP contribution in [0.4, 0.5) is 4.79 Å². The lowest BCUT2D eigenvalue weighted by Crippen LogP contribution is -2.46. The summed E-state index contributed by atoms with van der Waals surface area (Å²) in [5, 5.41) is 14.6. The fourth-order valence-electron chi connectivity index (χ4n) is 2.98. The second-order valence-electron chi connectivity index (χ2n) is 6.51. The number of aliphatic carboxylic acids is 1. The molecule has 21 heavy (non-hydrogen) atoms. The molecular formula is C15H27N3O3. The molecule has 2 unspecified atom stereocenters. The van der Waals surface area contributed by atoms with Crippen LogP contribution in [-0.4, -0.2) is 54.2 Å². The Morgan fingerprint density at radius 2 is 1.95 bits per heavy atom. The van der Waals surface area contributed by atoms with Crippen LogP contribution in [0.5, 0.6) is 0 Å². The van der Waals surface area contributed by atoms with Crippen molar-refractivity contribution in [3.63, 3.8) is 0 Å². The third-order valence-electron chi connectivity index (χ3n) is 4.28. The topological polar surface area (TPSA) is 81.7 Å². The first-order valence-corrected chi connectivity index (χ1v) is 8.03. The Morgan fingerprint density at radius 3 is 2.52 bits per heavy atom. The highest BCUT2D eigenvalue weighted by Crippen LogP contribution is 2.33. The first-order valence-electron chi connectivity index (χ1n) is 8.03. The van der Waals surface area contributed by atoms with Crippen LogP contribution in [-0.2, 0) is 4.79 Å². The summed E-state index contributed by atoms with van der Waals surface area (Å²) in [5.74, 6) is -0.101. The van der Waals surface area contributed by atoms with Crippen LogP contribution in [0.3, 0.4) is 0 Å². The highest BCUT2D eigenvalue weighted by molar-refractivity contribution is 5.75. The molecule has 2 fully saturated rings. The van der Waals surface area contributed by atoms with Crippen molar-refractivity contribution in [2.75, 3.05) is 26.2 Å². The Balaban J connectivity index is 1.64. The molecule has 0 aromatic rings. The van der Waals surface area contributed by atoms with E-state index in [1.807, 2.05) is 0 Å². The standard InChI is InChI=1S/C15H27N3O3/c1-11(10-18-6-2-3-7-18)9-16-15(21)17-13(8-14(19)20)12-4-5-12/h11-13H,2-10H2,1H3,(H,19,20)(H2,16,17,21). The summed E-state index contributed by atoms with van der Waals surface area (Å²) in [5.41, 5.74) is 0. The molecule has 2 aliphatic rings.